The van der Waals surface area contributed by atoms with Crippen molar-refractivity contribution in [2.45, 2.75) is 64.5 Å². The molecule has 2 N–H and O–H groups in total. The first-order valence-corrected chi connectivity index (χ1v) is 7.69. The average molecular weight is 261 g/mol. The third-order valence-corrected chi connectivity index (χ3v) is 4.34. The van der Waals surface area contributed by atoms with Gasteiger partial charge >= 0.3 is 0 Å². The van der Waals surface area contributed by atoms with Crippen molar-refractivity contribution in [1.29, 1.82) is 0 Å². The zero-order chi connectivity index (χ0) is 13.7. The monoisotopic (exact) mass is 261 g/mol. The van der Waals surface area contributed by atoms with Gasteiger partial charge in [0.15, 0.2) is 0 Å². The van der Waals surface area contributed by atoms with Crippen molar-refractivity contribution in [2.24, 2.45) is 5.92 Å². The van der Waals surface area contributed by atoms with Crippen LogP contribution in [0.1, 0.15) is 51.5 Å². The van der Waals surface area contributed by atoms with Gasteiger partial charge in [-0.25, -0.2) is 0 Å². The molecule has 0 saturated heterocycles. The lowest BCUT2D eigenvalue weighted by Gasteiger charge is -2.27. The molecule has 1 aliphatic rings. The molecule has 106 valence electrons. The van der Waals surface area contributed by atoms with Crippen molar-refractivity contribution in [3.63, 3.8) is 0 Å². The van der Waals surface area contributed by atoms with Crippen LogP contribution in [0.25, 0.3) is 0 Å². The van der Waals surface area contributed by atoms with E-state index in [1.165, 1.54) is 37.7 Å². The minimum Gasteiger partial charge on any atom is -0.508 e. The standard InChI is InChI=1S/C17H27NO/c1-13-6-4-3-5-7-17(13)18-14(2)12-15-8-10-16(19)11-9-15/h8-11,13-14,17-19H,3-7,12H2,1-2H3. The first-order valence-electron chi connectivity index (χ1n) is 7.69. The maximum atomic E-state index is 9.30. The Kier molecular flexibility index (Phi) is 5.26. The number of aromatic hydroxyl groups is 1. The van der Waals surface area contributed by atoms with Crippen molar-refractivity contribution < 1.29 is 5.11 Å². The fraction of sp³-hybridized carbons (Fsp3) is 0.647. The van der Waals surface area contributed by atoms with Crippen molar-refractivity contribution in [1.82, 2.24) is 5.32 Å². The summed E-state index contributed by atoms with van der Waals surface area (Å²) in [5.41, 5.74) is 1.29. The fourth-order valence-corrected chi connectivity index (χ4v) is 3.15. The molecule has 2 nitrogen and oxygen atoms in total. The molecule has 0 amide bonds. The Labute approximate surface area is 117 Å². The normalized spacial score (nSPS) is 25.8. The van der Waals surface area contributed by atoms with E-state index < -0.39 is 0 Å². The van der Waals surface area contributed by atoms with Gasteiger partial charge in [-0.1, -0.05) is 38.3 Å². The zero-order valence-electron chi connectivity index (χ0n) is 12.2. The SMILES string of the molecule is CC(Cc1ccc(O)cc1)NC1CCCCCC1C. The molecule has 0 aliphatic heterocycles. The molecule has 0 bridgehead atoms. The van der Waals surface area contributed by atoms with Gasteiger partial charge < -0.3 is 10.4 Å². The van der Waals surface area contributed by atoms with Crippen molar-refractivity contribution in [3.8, 4) is 5.75 Å². The van der Waals surface area contributed by atoms with Crippen LogP contribution in [0.15, 0.2) is 24.3 Å². The van der Waals surface area contributed by atoms with E-state index in [4.69, 9.17) is 0 Å². The minimum absolute atomic E-state index is 0.349. The van der Waals surface area contributed by atoms with Crippen LogP contribution in [0.4, 0.5) is 0 Å². The van der Waals surface area contributed by atoms with E-state index >= 15 is 0 Å². The molecule has 1 aliphatic carbocycles. The Hall–Kier alpha value is -1.02. The van der Waals surface area contributed by atoms with Gasteiger partial charge in [0.25, 0.3) is 0 Å². The highest BCUT2D eigenvalue weighted by Gasteiger charge is 2.21. The minimum atomic E-state index is 0.349. The van der Waals surface area contributed by atoms with Crippen LogP contribution in [0.3, 0.4) is 0 Å². The average Bonchev–Trinajstić information content (AvgIpc) is 2.58. The summed E-state index contributed by atoms with van der Waals surface area (Å²) in [6, 6.07) is 8.76. The highest BCUT2D eigenvalue weighted by atomic mass is 16.3. The van der Waals surface area contributed by atoms with Gasteiger partial charge in [0, 0.05) is 12.1 Å². The summed E-state index contributed by atoms with van der Waals surface area (Å²) in [6.45, 7) is 4.65. The molecule has 3 unspecified atom stereocenters. The summed E-state index contributed by atoms with van der Waals surface area (Å²) in [5.74, 6) is 1.14. The predicted octanol–water partition coefficient (Wildman–Crippen LogP) is 3.88. The predicted molar refractivity (Wildman–Crippen MR) is 80.4 cm³/mol. The van der Waals surface area contributed by atoms with E-state index in [1.54, 1.807) is 12.1 Å². The smallest absolute Gasteiger partial charge is 0.115 e. The lowest BCUT2D eigenvalue weighted by atomic mass is 9.95. The van der Waals surface area contributed by atoms with E-state index in [9.17, 15) is 5.11 Å². The largest absolute Gasteiger partial charge is 0.508 e. The number of hydrogen-bond donors (Lipinski definition) is 2. The van der Waals surface area contributed by atoms with Crippen molar-refractivity contribution in [2.75, 3.05) is 0 Å². The van der Waals surface area contributed by atoms with E-state index in [-0.39, 0.29) is 0 Å². The summed E-state index contributed by atoms with van der Waals surface area (Å²) in [6.07, 6.45) is 7.88. The Balaban J connectivity index is 1.85. The second-order valence-electron chi connectivity index (χ2n) is 6.16. The Bertz CT molecular complexity index is 373. The van der Waals surface area contributed by atoms with Crippen LogP contribution in [0.5, 0.6) is 5.75 Å². The maximum Gasteiger partial charge on any atom is 0.115 e. The molecule has 1 aromatic carbocycles. The third-order valence-electron chi connectivity index (χ3n) is 4.34. The van der Waals surface area contributed by atoms with Gasteiger partial charge in [0.05, 0.1) is 0 Å². The number of hydrogen-bond acceptors (Lipinski definition) is 2. The van der Waals surface area contributed by atoms with Gasteiger partial charge in [0.1, 0.15) is 5.75 Å². The topological polar surface area (TPSA) is 32.3 Å². The summed E-state index contributed by atoms with van der Waals surface area (Å²) in [5, 5.41) is 13.1. The Morgan fingerprint density at radius 3 is 2.58 bits per heavy atom. The van der Waals surface area contributed by atoms with Crippen molar-refractivity contribution in [3.05, 3.63) is 29.8 Å². The van der Waals surface area contributed by atoms with Crippen LogP contribution in [0.2, 0.25) is 0 Å². The van der Waals surface area contributed by atoms with E-state index in [0.29, 0.717) is 17.8 Å². The van der Waals surface area contributed by atoms with Crippen LogP contribution in [-0.2, 0) is 6.42 Å². The lowest BCUT2D eigenvalue weighted by molar-refractivity contribution is 0.326. The van der Waals surface area contributed by atoms with Gasteiger partial charge in [-0.3, -0.25) is 0 Å². The van der Waals surface area contributed by atoms with Gasteiger partial charge in [-0.05, 0) is 49.8 Å². The summed E-state index contributed by atoms with van der Waals surface area (Å²) in [7, 11) is 0. The third kappa shape index (κ3) is 4.54. The van der Waals surface area contributed by atoms with E-state index in [2.05, 4.69) is 19.2 Å². The molecule has 3 atom stereocenters. The molecule has 1 aromatic rings. The molecule has 1 fully saturated rings. The summed E-state index contributed by atoms with van der Waals surface area (Å²) < 4.78 is 0. The molecule has 1 saturated carbocycles. The Morgan fingerprint density at radius 1 is 1.16 bits per heavy atom. The summed E-state index contributed by atoms with van der Waals surface area (Å²) in [4.78, 5) is 0. The molecule has 0 radical (unpaired) electrons. The van der Waals surface area contributed by atoms with Gasteiger partial charge in [-0.15, -0.1) is 0 Å². The van der Waals surface area contributed by atoms with Crippen LogP contribution in [-0.4, -0.2) is 17.2 Å². The summed E-state index contributed by atoms with van der Waals surface area (Å²) >= 11 is 0. The van der Waals surface area contributed by atoms with Crippen LogP contribution < -0.4 is 5.32 Å². The van der Waals surface area contributed by atoms with Gasteiger partial charge in [0.2, 0.25) is 0 Å². The quantitative estimate of drug-likeness (QED) is 0.806. The molecular formula is C17H27NO. The van der Waals surface area contributed by atoms with Crippen LogP contribution >= 0.6 is 0 Å². The van der Waals surface area contributed by atoms with Crippen LogP contribution in [0, 0.1) is 5.92 Å². The molecule has 0 heterocycles. The molecule has 19 heavy (non-hydrogen) atoms. The fourth-order valence-electron chi connectivity index (χ4n) is 3.15. The van der Waals surface area contributed by atoms with E-state index in [1.807, 2.05) is 12.1 Å². The molecule has 2 heteroatoms. The Morgan fingerprint density at radius 2 is 1.84 bits per heavy atom. The second kappa shape index (κ2) is 6.95. The number of phenols is 1. The van der Waals surface area contributed by atoms with Crippen molar-refractivity contribution >= 4 is 0 Å². The molecule has 0 spiro atoms. The zero-order valence-corrected chi connectivity index (χ0v) is 12.2. The number of benzene rings is 1. The number of rotatable bonds is 4. The number of nitrogens with one attached hydrogen (secondary N) is 1. The first kappa shape index (κ1) is 14.4. The van der Waals surface area contributed by atoms with Gasteiger partial charge in [-0.2, -0.15) is 0 Å². The second-order valence-corrected chi connectivity index (χ2v) is 6.16. The lowest BCUT2D eigenvalue weighted by Crippen LogP contribution is -2.41. The number of phenolic OH excluding ortho intramolecular Hbond substituents is 1. The maximum absolute atomic E-state index is 9.30. The van der Waals surface area contributed by atoms with E-state index in [0.717, 1.165) is 12.3 Å². The molecule has 0 aromatic heterocycles. The first-order chi connectivity index (χ1) is 9.15. The molecule has 2 rings (SSSR count). The highest BCUT2D eigenvalue weighted by molar-refractivity contribution is 5.26. The molecular weight excluding hydrogens is 234 g/mol. The highest BCUT2D eigenvalue weighted by Crippen LogP contribution is 2.23.